The van der Waals surface area contributed by atoms with Crippen molar-refractivity contribution in [3.8, 4) is 16.2 Å². The molecule has 3 aromatic heterocycles. The second-order valence-corrected chi connectivity index (χ2v) is 8.88. The minimum Gasteiger partial charge on any atom is -0.497 e. The van der Waals surface area contributed by atoms with Gasteiger partial charge in [0.1, 0.15) is 16.0 Å². The minimum atomic E-state index is -0.478. The first-order chi connectivity index (χ1) is 15.4. The van der Waals surface area contributed by atoms with Crippen molar-refractivity contribution < 1.29 is 9.15 Å². The summed E-state index contributed by atoms with van der Waals surface area (Å²) in [6, 6.07) is 14.4. The largest absolute Gasteiger partial charge is 0.497 e. The SMILES string of the molecule is COc1ccc(-c2cc3ncn(Cc4cc(=O)oc5cc(C)c(Cl)cc45)c(=O)c3s2)cc1. The first kappa shape index (κ1) is 20.5. The third-order valence-electron chi connectivity index (χ3n) is 5.33. The summed E-state index contributed by atoms with van der Waals surface area (Å²) in [7, 11) is 1.62. The molecule has 160 valence electrons. The van der Waals surface area contributed by atoms with Crippen LogP contribution in [-0.4, -0.2) is 16.7 Å². The number of halogens is 1. The Bertz CT molecular complexity index is 1600. The summed E-state index contributed by atoms with van der Waals surface area (Å²) in [4.78, 5) is 30.7. The molecule has 5 aromatic rings. The number of thiophene rings is 1. The Balaban J connectivity index is 1.58. The lowest BCUT2D eigenvalue weighted by molar-refractivity contribution is 0.415. The number of aryl methyl sites for hydroxylation is 1. The Kier molecular flexibility index (Phi) is 5.07. The van der Waals surface area contributed by atoms with Crippen molar-refractivity contribution in [2.45, 2.75) is 13.5 Å². The maximum atomic E-state index is 13.2. The van der Waals surface area contributed by atoms with Crippen LogP contribution in [0.5, 0.6) is 5.75 Å². The van der Waals surface area contributed by atoms with Crippen molar-refractivity contribution in [1.82, 2.24) is 9.55 Å². The average molecular weight is 465 g/mol. The number of ether oxygens (including phenoxy) is 1. The predicted molar refractivity (Wildman–Crippen MR) is 127 cm³/mol. The summed E-state index contributed by atoms with van der Waals surface area (Å²) >= 11 is 7.67. The molecule has 0 fully saturated rings. The summed E-state index contributed by atoms with van der Waals surface area (Å²) in [5.41, 5.74) is 2.87. The molecule has 0 bridgehead atoms. The van der Waals surface area contributed by atoms with Gasteiger partial charge in [-0.3, -0.25) is 9.36 Å². The van der Waals surface area contributed by atoms with Gasteiger partial charge in [0.05, 0.1) is 25.5 Å². The zero-order valence-electron chi connectivity index (χ0n) is 17.2. The van der Waals surface area contributed by atoms with E-state index in [4.69, 9.17) is 20.8 Å². The third kappa shape index (κ3) is 3.59. The fourth-order valence-electron chi connectivity index (χ4n) is 3.62. The summed E-state index contributed by atoms with van der Waals surface area (Å²) in [5.74, 6) is 0.769. The van der Waals surface area contributed by atoms with Gasteiger partial charge in [0.15, 0.2) is 0 Å². The molecule has 0 saturated heterocycles. The topological polar surface area (TPSA) is 74.3 Å². The van der Waals surface area contributed by atoms with Gasteiger partial charge >= 0.3 is 5.63 Å². The number of rotatable bonds is 4. The molecule has 0 saturated carbocycles. The zero-order valence-corrected chi connectivity index (χ0v) is 18.8. The molecule has 0 aliphatic carbocycles. The van der Waals surface area contributed by atoms with Crippen LogP contribution in [0.15, 0.2) is 68.9 Å². The number of methoxy groups -OCH3 is 1. The first-order valence-corrected chi connectivity index (χ1v) is 11.0. The second kappa shape index (κ2) is 7.93. The van der Waals surface area contributed by atoms with Crippen LogP contribution in [0.1, 0.15) is 11.1 Å². The zero-order chi connectivity index (χ0) is 22.4. The maximum absolute atomic E-state index is 13.2. The molecule has 0 radical (unpaired) electrons. The highest BCUT2D eigenvalue weighted by Crippen LogP contribution is 2.32. The number of benzene rings is 2. The van der Waals surface area contributed by atoms with Gasteiger partial charge in [-0.25, -0.2) is 9.78 Å². The van der Waals surface area contributed by atoms with Gasteiger partial charge in [0.25, 0.3) is 5.56 Å². The number of fused-ring (bicyclic) bond motifs is 2. The maximum Gasteiger partial charge on any atom is 0.336 e. The Morgan fingerprint density at radius 1 is 1.12 bits per heavy atom. The van der Waals surface area contributed by atoms with Gasteiger partial charge in [0.2, 0.25) is 0 Å². The molecule has 0 atom stereocenters. The summed E-state index contributed by atoms with van der Waals surface area (Å²) in [5, 5.41) is 1.26. The summed E-state index contributed by atoms with van der Waals surface area (Å²) in [6.07, 6.45) is 1.51. The molecule has 3 heterocycles. The van der Waals surface area contributed by atoms with Crippen molar-refractivity contribution in [2.75, 3.05) is 7.11 Å². The predicted octanol–water partition coefficient (Wildman–Crippen LogP) is 5.25. The van der Waals surface area contributed by atoms with E-state index in [0.717, 1.165) is 21.8 Å². The second-order valence-electron chi connectivity index (χ2n) is 7.42. The number of aromatic nitrogens is 2. The highest BCUT2D eigenvalue weighted by molar-refractivity contribution is 7.22. The van der Waals surface area contributed by atoms with E-state index in [9.17, 15) is 9.59 Å². The monoisotopic (exact) mass is 464 g/mol. The highest BCUT2D eigenvalue weighted by Gasteiger charge is 2.14. The quantitative estimate of drug-likeness (QED) is 0.339. The number of hydrogen-bond acceptors (Lipinski definition) is 6. The van der Waals surface area contributed by atoms with Crippen LogP contribution in [0, 0.1) is 6.92 Å². The van der Waals surface area contributed by atoms with Crippen LogP contribution in [0.3, 0.4) is 0 Å². The van der Waals surface area contributed by atoms with Crippen molar-refractivity contribution in [1.29, 1.82) is 0 Å². The van der Waals surface area contributed by atoms with E-state index in [1.54, 1.807) is 19.2 Å². The molecular formula is C24H17ClN2O4S. The molecular weight excluding hydrogens is 448 g/mol. The van der Waals surface area contributed by atoms with E-state index in [-0.39, 0.29) is 12.1 Å². The Morgan fingerprint density at radius 3 is 2.66 bits per heavy atom. The van der Waals surface area contributed by atoms with E-state index >= 15 is 0 Å². The van der Waals surface area contributed by atoms with Crippen LogP contribution in [0.2, 0.25) is 5.02 Å². The van der Waals surface area contributed by atoms with E-state index in [0.29, 0.717) is 31.8 Å². The third-order valence-corrected chi connectivity index (χ3v) is 6.90. The van der Waals surface area contributed by atoms with Gasteiger partial charge in [-0.05, 0) is 66.1 Å². The Hall–Kier alpha value is -3.42. The van der Waals surface area contributed by atoms with E-state index in [2.05, 4.69) is 4.98 Å². The minimum absolute atomic E-state index is 0.167. The molecule has 32 heavy (non-hydrogen) atoms. The van der Waals surface area contributed by atoms with Crippen molar-refractivity contribution in [3.63, 3.8) is 0 Å². The molecule has 0 aliphatic rings. The van der Waals surface area contributed by atoms with Gasteiger partial charge in [-0.1, -0.05) is 11.6 Å². The van der Waals surface area contributed by atoms with Crippen molar-refractivity contribution >= 4 is 44.1 Å². The molecule has 8 heteroatoms. The lowest BCUT2D eigenvalue weighted by atomic mass is 10.1. The van der Waals surface area contributed by atoms with Gasteiger partial charge < -0.3 is 9.15 Å². The summed E-state index contributed by atoms with van der Waals surface area (Å²) in [6.45, 7) is 2.02. The molecule has 5 rings (SSSR count). The lowest BCUT2D eigenvalue weighted by Crippen LogP contribution is -2.21. The molecule has 0 spiro atoms. The number of nitrogens with zero attached hydrogens (tertiary/aromatic N) is 2. The fourth-order valence-corrected chi connectivity index (χ4v) is 4.85. The highest BCUT2D eigenvalue weighted by atomic mass is 35.5. The lowest BCUT2D eigenvalue weighted by Gasteiger charge is -2.09. The van der Waals surface area contributed by atoms with Crippen LogP contribution in [0.4, 0.5) is 0 Å². The van der Waals surface area contributed by atoms with Crippen LogP contribution < -0.4 is 15.9 Å². The summed E-state index contributed by atoms with van der Waals surface area (Å²) < 4.78 is 12.6. The van der Waals surface area contributed by atoms with E-state index in [1.165, 1.54) is 28.3 Å². The average Bonchev–Trinajstić information content (AvgIpc) is 3.22. The van der Waals surface area contributed by atoms with E-state index in [1.807, 2.05) is 37.3 Å². The van der Waals surface area contributed by atoms with Gasteiger partial charge in [-0.15, -0.1) is 11.3 Å². The van der Waals surface area contributed by atoms with Crippen LogP contribution >= 0.6 is 22.9 Å². The fraction of sp³-hybridized carbons (Fsp3) is 0.125. The van der Waals surface area contributed by atoms with E-state index < -0.39 is 5.63 Å². The van der Waals surface area contributed by atoms with Crippen LogP contribution in [0.25, 0.3) is 31.6 Å². The first-order valence-electron chi connectivity index (χ1n) is 9.79. The normalized spacial score (nSPS) is 11.3. The molecule has 0 unspecified atom stereocenters. The molecule has 0 N–H and O–H groups in total. The molecule has 0 amide bonds. The van der Waals surface area contributed by atoms with Gasteiger partial charge in [-0.2, -0.15) is 0 Å². The molecule has 2 aromatic carbocycles. The Labute approximate surface area is 191 Å². The number of hydrogen-bond donors (Lipinski definition) is 0. The Morgan fingerprint density at radius 2 is 1.91 bits per heavy atom. The van der Waals surface area contributed by atoms with Crippen LogP contribution in [-0.2, 0) is 6.54 Å². The molecule has 0 aliphatic heterocycles. The van der Waals surface area contributed by atoms with Crippen molar-refractivity contribution in [3.05, 3.63) is 91.8 Å². The molecule has 6 nitrogen and oxygen atoms in total. The smallest absolute Gasteiger partial charge is 0.336 e. The van der Waals surface area contributed by atoms with Crippen molar-refractivity contribution in [2.24, 2.45) is 0 Å². The van der Waals surface area contributed by atoms with Gasteiger partial charge in [0, 0.05) is 21.4 Å². The standard InChI is InChI=1S/C24H17ClN2O4S/c1-13-7-20-17(9-18(13)25)15(8-22(28)31-20)11-27-12-26-19-10-21(32-23(19)24(27)29)14-3-5-16(30-2)6-4-14/h3-10,12H,11H2,1-2H3.